The molecule has 9 fully saturated rings. The highest BCUT2D eigenvalue weighted by Crippen LogP contribution is 2.75. The van der Waals surface area contributed by atoms with Crippen LogP contribution in [0.3, 0.4) is 0 Å². The highest BCUT2D eigenvalue weighted by atomic mass is 16.8. The Kier molecular flexibility index (Phi) is 18.8. The van der Waals surface area contributed by atoms with Gasteiger partial charge in [-0.3, -0.25) is 4.79 Å². The molecule has 32 atom stereocenters. The highest BCUT2D eigenvalue weighted by Gasteiger charge is 2.70. The van der Waals surface area contributed by atoms with Crippen LogP contribution in [0.1, 0.15) is 106 Å². The lowest BCUT2D eigenvalue weighted by Crippen LogP contribution is -2.66. The highest BCUT2D eigenvalue weighted by molar-refractivity contribution is 5.79. The van der Waals surface area contributed by atoms with Crippen molar-refractivity contribution in [2.45, 2.75) is 259 Å². The molecule has 5 heterocycles. The normalized spacial score (nSPS) is 54.0. The van der Waals surface area contributed by atoms with Crippen molar-refractivity contribution in [2.24, 2.45) is 44.8 Å². The molecule has 0 amide bonds. The van der Waals surface area contributed by atoms with Gasteiger partial charge in [-0.25, -0.2) is 0 Å². The zero-order chi connectivity index (χ0) is 61.1. The van der Waals surface area contributed by atoms with Crippen molar-refractivity contribution >= 4 is 5.97 Å². The Bertz CT molecular complexity index is 2360. The first-order valence-electron chi connectivity index (χ1n) is 30.0. The molecular weight excluding hydrogens is 1110 g/mol. The van der Waals surface area contributed by atoms with Crippen molar-refractivity contribution < 1.29 is 129 Å². The standard InChI is InChI=1S/C58H92O26/c1-23-10-15-58(53(74)84-50-44(72)41(69)38(66)30(80-50)22-76-48-42(70)39(67)36(64)28(19-59)78-48)17-16-56(6)25(26(58)18-23)8-9-32-55(5)13-12-33(54(3,4)31(55)11-14-57(32,56)7)81-52-47(35(63)27(61)21-75-52)83-51-45(73)46(34(62)24(2)77-51)82-49-43(71)40(68)37(65)29(20-60)79-49/h8,24,26-52,59-73H,1,9-22H2,2-7H3/t24-,26-,27-,28+,29+,30+,31+,32+,33-,34-,35-,36+,37+,38+,39-,40-,41-,42+,43+,44+,45+,46+,47+,48+,49-,50-,51-,52-,55-,56+,57+,58-/m0/s1. The molecule has 0 radical (unpaired) electrons. The molecular formula is C58H92O26. The Hall–Kier alpha value is -2.01. The number of carbonyl (C=O) groups excluding carboxylic acids is 1. The van der Waals surface area contributed by atoms with E-state index in [0.717, 1.165) is 31.3 Å². The number of allylic oxidation sites excluding steroid dienone is 3. The molecule has 10 rings (SSSR count). The maximum Gasteiger partial charge on any atom is 0.315 e. The Balaban J connectivity index is 0.830. The van der Waals surface area contributed by atoms with Crippen LogP contribution in [-0.4, -0.2) is 263 Å². The fourth-order valence-corrected chi connectivity index (χ4v) is 17.1. The second-order valence-electron chi connectivity index (χ2n) is 27.2. The van der Waals surface area contributed by atoms with Crippen LogP contribution in [0.2, 0.25) is 0 Å². The molecule has 0 spiro atoms. The molecule has 0 unspecified atom stereocenters. The third-order valence-electron chi connectivity index (χ3n) is 22.5. The van der Waals surface area contributed by atoms with Gasteiger partial charge in [-0.15, -0.1) is 0 Å². The van der Waals surface area contributed by atoms with E-state index in [4.69, 9.17) is 47.4 Å². The molecule has 0 aromatic rings. The largest absolute Gasteiger partial charge is 0.432 e. The predicted octanol–water partition coefficient (Wildman–Crippen LogP) is -3.01. The number of aliphatic hydroxyl groups excluding tert-OH is 15. The van der Waals surface area contributed by atoms with E-state index in [1.807, 2.05) is 0 Å². The molecule has 5 saturated heterocycles. The number of hydrogen-bond donors (Lipinski definition) is 15. The van der Waals surface area contributed by atoms with Gasteiger partial charge in [0, 0.05) is 5.92 Å². The van der Waals surface area contributed by atoms with Crippen molar-refractivity contribution in [1.29, 1.82) is 0 Å². The summed E-state index contributed by atoms with van der Waals surface area (Å²) in [6, 6.07) is 0. The fraction of sp³-hybridized carbons (Fsp3) is 0.914. The summed E-state index contributed by atoms with van der Waals surface area (Å²) in [5, 5.41) is 160. The SMILES string of the molecule is C=C1CC[C@]2(C(=O)O[C@@H]3O[C@H](CO[C@@H]4O[C@H](CO)[C@@H](O)[C@H](O)[C@H]4O)[C@@H](O)[C@H](O)[C@H]3O)CC[C@]3(C)C(=CC[C@@H]4[C@@]5(C)CC[C@H](O[C@@H]6OC[C@H](O)[C@H](O)[C@H]6O[C@@H]6O[C@@H](C)[C@H](O)[C@@H](O[C@@H]7O[C@H](CO)[C@@H](O)[C@H](O)[C@H]7O)[C@H]6O)C(C)(C)[C@H]5CC[C@]43C)[C@@H]2C1. The van der Waals surface area contributed by atoms with Crippen LogP contribution in [0.5, 0.6) is 0 Å². The van der Waals surface area contributed by atoms with Crippen LogP contribution in [0, 0.1) is 44.8 Å². The molecule has 4 saturated carbocycles. The lowest BCUT2D eigenvalue weighted by atomic mass is 9.34. The maximum absolute atomic E-state index is 15.0. The van der Waals surface area contributed by atoms with E-state index in [0.29, 0.717) is 38.5 Å². The minimum Gasteiger partial charge on any atom is -0.432 e. The van der Waals surface area contributed by atoms with Gasteiger partial charge >= 0.3 is 5.97 Å². The van der Waals surface area contributed by atoms with E-state index in [-0.39, 0.29) is 40.6 Å². The molecule has 26 heteroatoms. The average molecular weight is 1210 g/mol. The zero-order valence-corrected chi connectivity index (χ0v) is 48.5. The smallest absolute Gasteiger partial charge is 0.315 e. The van der Waals surface area contributed by atoms with Gasteiger partial charge in [0.25, 0.3) is 0 Å². The van der Waals surface area contributed by atoms with Gasteiger partial charge in [-0.2, -0.15) is 0 Å². The number of rotatable bonds is 13. The summed E-state index contributed by atoms with van der Waals surface area (Å²) >= 11 is 0. The Labute approximate surface area is 487 Å². The summed E-state index contributed by atoms with van der Waals surface area (Å²) in [6.45, 7) is 15.0. The minimum atomic E-state index is -1.86. The number of esters is 1. The first-order valence-corrected chi connectivity index (χ1v) is 30.0. The number of ether oxygens (including phenoxy) is 10. The summed E-state index contributed by atoms with van der Waals surface area (Å²) in [5.74, 6) is -0.641. The molecule has 15 N–H and O–H groups in total. The number of aliphatic hydroxyl groups is 15. The summed E-state index contributed by atoms with van der Waals surface area (Å²) in [4.78, 5) is 15.0. The van der Waals surface area contributed by atoms with E-state index >= 15 is 4.79 Å². The Morgan fingerprint density at radius 2 is 1.18 bits per heavy atom. The monoisotopic (exact) mass is 1200 g/mol. The molecule has 0 aromatic heterocycles. The third-order valence-corrected chi connectivity index (χ3v) is 22.5. The third kappa shape index (κ3) is 10.8. The van der Waals surface area contributed by atoms with Crippen LogP contribution in [-0.2, 0) is 52.2 Å². The topological polar surface area (TPSA) is 413 Å². The Morgan fingerprint density at radius 1 is 0.595 bits per heavy atom. The van der Waals surface area contributed by atoms with Crippen molar-refractivity contribution in [1.82, 2.24) is 0 Å². The number of hydrogen-bond acceptors (Lipinski definition) is 26. The van der Waals surface area contributed by atoms with Crippen molar-refractivity contribution in [3.05, 3.63) is 23.8 Å². The molecule has 10 aliphatic rings. The van der Waals surface area contributed by atoms with E-state index < -0.39 is 190 Å². The van der Waals surface area contributed by atoms with E-state index in [9.17, 15) is 76.6 Å². The van der Waals surface area contributed by atoms with Gasteiger partial charge in [0.05, 0.1) is 44.1 Å². The van der Waals surface area contributed by atoms with Gasteiger partial charge in [0.1, 0.15) is 110 Å². The number of carbonyl (C=O) groups is 1. The van der Waals surface area contributed by atoms with Crippen LogP contribution >= 0.6 is 0 Å². The lowest BCUT2D eigenvalue weighted by Gasteiger charge is -2.71. The van der Waals surface area contributed by atoms with E-state index in [1.165, 1.54) is 12.5 Å². The second kappa shape index (κ2) is 24.3. The van der Waals surface area contributed by atoms with Gasteiger partial charge in [0.2, 0.25) is 6.29 Å². The minimum absolute atomic E-state index is 0.111. The van der Waals surface area contributed by atoms with Gasteiger partial charge in [-0.05, 0) is 105 Å². The van der Waals surface area contributed by atoms with Gasteiger partial charge < -0.3 is 124 Å². The van der Waals surface area contributed by atoms with Crippen LogP contribution in [0.25, 0.3) is 0 Å². The summed E-state index contributed by atoms with van der Waals surface area (Å²) in [7, 11) is 0. The molecule has 0 bridgehead atoms. The number of fused-ring (bicyclic) bond motifs is 7. The lowest BCUT2D eigenvalue weighted by molar-refractivity contribution is -0.382. The zero-order valence-electron chi connectivity index (χ0n) is 48.5. The Morgan fingerprint density at radius 3 is 1.83 bits per heavy atom. The van der Waals surface area contributed by atoms with Crippen molar-refractivity contribution in [3.63, 3.8) is 0 Å². The average Bonchev–Trinajstić information content (AvgIpc) is 0.762. The maximum atomic E-state index is 15.0. The first kappa shape index (κ1) is 65.0. The molecule has 5 aliphatic heterocycles. The van der Waals surface area contributed by atoms with Crippen molar-refractivity contribution in [2.75, 3.05) is 26.4 Å². The molecule has 0 aromatic carbocycles. The molecule has 26 nitrogen and oxygen atoms in total. The summed E-state index contributed by atoms with van der Waals surface area (Å²) in [6.07, 6.45) is -30.3. The quantitative estimate of drug-likeness (QED) is 0.0496. The summed E-state index contributed by atoms with van der Waals surface area (Å²) in [5.41, 5.74) is -0.259. The van der Waals surface area contributed by atoms with Crippen LogP contribution in [0.4, 0.5) is 0 Å². The van der Waals surface area contributed by atoms with Crippen LogP contribution in [0.15, 0.2) is 23.8 Å². The first-order chi connectivity index (χ1) is 39.5. The van der Waals surface area contributed by atoms with Gasteiger partial charge in [0.15, 0.2) is 25.2 Å². The summed E-state index contributed by atoms with van der Waals surface area (Å²) < 4.78 is 59.5. The predicted molar refractivity (Wildman–Crippen MR) is 283 cm³/mol. The van der Waals surface area contributed by atoms with Crippen molar-refractivity contribution in [3.8, 4) is 0 Å². The molecule has 5 aliphatic carbocycles. The molecule has 480 valence electrons. The van der Waals surface area contributed by atoms with E-state index in [1.54, 1.807) is 0 Å². The second-order valence-corrected chi connectivity index (χ2v) is 27.2. The van der Waals surface area contributed by atoms with E-state index in [2.05, 4.69) is 47.3 Å². The van der Waals surface area contributed by atoms with Gasteiger partial charge in [-0.1, -0.05) is 58.4 Å². The molecule has 84 heavy (non-hydrogen) atoms. The fourth-order valence-electron chi connectivity index (χ4n) is 17.1. The van der Waals surface area contributed by atoms with Crippen LogP contribution < -0.4 is 0 Å².